The number of fused-ring (bicyclic) bond motifs is 1. The molecule has 1 unspecified atom stereocenters. The third-order valence-electron chi connectivity index (χ3n) is 4.86. The van der Waals surface area contributed by atoms with Gasteiger partial charge in [-0.25, -0.2) is 19.4 Å². The summed E-state index contributed by atoms with van der Waals surface area (Å²) in [5.74, 6) is 1.85. The van der Waals surface area contributed by atoms with Crippen LogP contribution in [0.25, 0.3) is 0 Å². The quantitative estimate of drug-likeness (QED) is 0.445. The van der Waals surface area contributed by atoms with Crippen molar-refractivity contribution in [2.75, 3.05) is 61.7 Å². The summed E-state index contributed by atoms with van der Waals surface area (Å²) in [4.78, 5) is 6.92. The Hall–Kier alpha value is -1.31. The molecule has 0 spiro atoms. The Labute approximate surface area is 177 Å². The largest absolute Gasteiger partial charge is 0.388 e. The highest BCUT2D eigenvalue weighted by molar-refractivity contribution is 9.09. The molecule has 0 saturated heterocycles. The summed E-state index contributed by atoms with van der Waals surface area (Å²) in [5, 5.41) is 2.97. The molecule has 0 fully saturated rings. The van der Waals surface area contributed by atoms with E-state index in [2.05, 4.69) is 49.9 Å². The zero-order valence-electron chi connectivity index (χ0n) is 17.0. The number of ether oxygens (including phenoxy) is 1. The molecular formula is C21H29BrFN3OS. The van der Waals surface area contributed by atoms with E-state index < -0.39 is 10.0 Å². The number of rotatable bonds is 8. The molecule has 0 saturated carbocycles. The smallest absolute Gasteiger partial charge is 0.135 e. The third kappa shape index (κ3) is 5.19. The average Bonchev–Trinajstić information content (AvgIpc) is 2.96. The van der Waals surface area contributed by atoms with Gasteiger partial charge >= 0.3 is 0 Å². The van der Waals surface area contributed by atoms with Crippen LogP contribution in [-0.2, 0) is 11.2 Å². The van der Waals surface area contributed by atoms with Crippen molar-refractivity contribution in [1.82, 2.24) is 4.98 Å². The summed E-state index contributed by atoms with van der Waals surface area (Å²) in [7, 11) is 1.24. The molecule has 1 aromatic heterocycles. The zero-order chi connectivity index (χ0) is 20.3. The van der Waals surface area contributed by atoms with Gasteiger partial charge in [-0.3, -0.25) is 0 Å². The van der Waals surface area contributed by atoms with Crippen LogP contribution in [-0.4, -0.2) is 56.4 Å². The summed E-state index contributed by atoms with van der Waals surface area (Å²) >= 11 is 3.79. The monoisotopic (exact) mass is 469 g/mol. The van der Waals surface area contributed by atoms with Gasteiger partial charge in [0.1, 0.15) is 18.4 Å². The lowest BCUT2D eigenvalue weighted by molar-refractivity contribution is 0.150. The van der Waals surface area contributed by atoms with Gasteiger partial charge in [-0.2, -0.15) is 0 Å². The first-order valence-corrected chi connectivity index (χ1v) is 13.3. The van der Waals surface area contributed by atoms with Gasteiger partial charge in [0, 0.05) is 43.2 Å². The number of hydrogen-bond acceptors (Lipinski definition) is 4. The van der Waals surface area contributed by atoms with Gasteiger partial charge in [-0.15, -0.1) is 0 Å². The third-order valence-corrected chi connectivity index (χ3v) is 7.00. The molecule has 4 nitrogen and oxygen atoms in total. The van der Waals surface area contributed by atoms with Crippen LogP contribution < -0.4 is 10.2 Å². The number of alkyl halides is 1. The molecule has 0 radical (unpaired) electrons. The van der Waals surface area contributed by atoms with E-state index in [9.17, 15) is 4.39 Å². The lowest BCUT2D eigenvalue weighted by Gasteiger charge is -2.26. The predicted octanol–water partition coefficient (Wildman–Crippen LogP) is 4.78. The summed E-state index contributed by atoms with van der Waals surface area (Å²) in [6, 6.07) is 7.29. The number of halogens is 2. The molecule has 0 bridgehead atoms. The maximum absolute atomic E-state index is 14.5. The summed E-state index contributed by atoms with van der Waals surface area (Å²) in [6.07, 6.45) is 9.25. The molecule has 3 rings (SSSR count). The second-order valence-electron chi connectivity index (χ2n) is 7.96. The molecule has 1 aliphatic rings. The van der Waals surface area contributed by atoms with Crippen LogP contribution in [0.15, 0.2) is 30.5 Å². The Bertz CT molecular complexity index is 828. The van der Waals surface area contributed by atoms with Gasteiger partial charge in [0.15, 0.2) is 0 Å². The van der Waals surface area contributed by atoms with Crippen LogP contribution in [0.3, 0.4) is 0 Å². The fraction of sp³-hybridized carbons (Fsp3) is 0.476. The Balaban J connectivity index is 1.73. The molecule has 1 atom stereocenters. The van der Waals surface area contributed by atoms with Crippen molar-refractivity contribution in [2.45, 2.75) is 11.2 Å². The maximum Gasteiger partial charge on any atom is 0.135 e. The molecule has 7 heteroatoms. The van der Waals surface area contributed by atoms with E-state index in [0.717, 1.165) is 41.5 Å². The standard InChI is InChI=1S/C21H29BrFN3OS/c1-24-17-6-5-15(19(23)12-17)11-16-7-8-25-21-20(16)18(22)13-26(21)14-27-9-10-28(2,3)4/h5-8,12,18,24H,9-11,13-14H2,1-4H3. The number of nitrogens with zero attached hydrogens (tertiary/aromatic N) is 2. The van der Waals surface area contributed by atoms with E-state index in [1.54, 1.807) is 13.1 Å². The Kier molecular flexibility index (Phi) is 6.89. The second-order valence-corrected chi connectivity index (χ2v) is 13.7. The van der Waals surface area contributed by atoms with Gasteiger partial charge in [-0.1, -0.05) is 22.0 Å². The van der Waals surface area contributed by atoms with E-state index in [1.807, 2.05) is 24.4 Å². The van der Waals surface area contributed by atoms with Crippen molar-refractivity contribution >= 4 is 37.5 Å². The number of pyridine rings is 1. The van der Waals surface area contributed by atoms with Gasteiger partial charge < -0.3 is 15.0 Å². The topological polar surface area (TPSA) is 37.4 Å². The minimum absolute atomic E-state index is 0.169. The number of aromatic nitrogens is 1. The molecule has 1 aromatic carbocycles. The molecular weight excluding hydrogens is 441 g/mol. The van der Waals surface area contributed by atoms with Gasteiger partial charge in [0.05, 0.1) is 11.4 Å². The first kappa shape index (κ1) is 21.4. The second kappa shape index (κ2) is 9.01. The first-order valence-electron chi connectivity index (χ1n) is 9.35. The SMILES string of the molecule is CNc1ccc(Cc2ccnc3c2C(Br)CN3COCCS(C)(C)C)c(F)c1. The van der Waals surface area contributed by atoms with Crippen molar-refractivity contribution in [1.29, 1.82) is 0 Å². The molecule has 2 heterocycles. The molecule has 0 amide bonds. The Morgan fingerprint density at radius 1 is 1.29 bits per heavy atom. The number of benzene rings is 1. The van der Waals surface area contributed by atoms with Gasteiger partial charge in [-0.05, 0) is 48.1 Å². The van der Waals surface area contributed by atoms with Crippen molar-refractivity contribution in [3.8, 4) is 0 Å². The lowest BCUT2D eigenvalue weighted by atomic mass is 9.99. The van der Waals surface area contributed by atoms with E-state index in [-0.39, 0.29) is 10.6 Å². The average molecular weight is 470 g/mol. The van der Waals surface area contributed by atoms with E-state index >= 15 is 0 Å². The summed E-state index contributed by atoms with van der Waals surface area (Å²) in [5.41, 5.74) is 3.71. The highest BCUT2D eigenvalue weighted by Gasteiger charge is 2.30. The number of hydrogen-bond donors (Lipinski definition) is 1. The molecule has 154 valence electrons. The first-order chi connectivity index (χ1) is 13.3. The lowest BCUT2D eigenvalue weighted by Crippen LogP contribution is -2.26. The summed E-state index contributed by atoms with van der Waals surface area (Å²) < 4.78 is 20.4. The summed E-state index contributed by atoms with van der Waals surface area (Å²) in [6.45, 7) is 2.11. The van der Waals surface area contributed by atoms with E-state index in [4.69, 9.17) is 4.74 Å². The van der Waals surface area contributed by atoms with Gasteiger partial charge in [0.25, 0.3) is 0 Å². The minimum atomic E-state index is -0.550. The highest BCUT2D eigenvalue weighted by Crippen LogP contribution is 2.41. The maximum atomic E-state index is 14.5. The molecule has 28 heavy (non-hydrogen) atoms. The molecule has 1 aliphatic heterocycles. The van der Waals surface area contributed by atoms with Crippen molar-refractivity contribution in [2.24, 2.45) is 0 Å². The van der Waals surface area contributed by atoms with Crippen molar-refractivity contribution < 1.29 is 9.13 Å². The minimum Gasteiger partial charge on any atom is -0.388 e. The van der Waals surface area contributed by atoms with Crippen LogP contribution in [0, 0.1) is 5.82 Å². The van der Waals surface area contributed by atoms with Crippen LogP contribution in [0.4, 0.5) is 15.9 Å². The fourth-order valence-electron chi connectivity index (χ4n) is 3.27. The van der Waals surface area contributed by atoms with Crippen LogP contribution >= 0.6 is 26.0 Å². The molecule has 2 aromatic rings. The fourth-order valence-corrected chi connectivity index (χ4v) is 4.73. The van der Waals surface area contributed by atoms with Crippen molar-refractivity contribution in [3.63, 3.8) is 0 Å². The highest BCUT2D eigenvalue weighted by atomic mass is 79.9. The zero-order valence-corrected chi connectivity index (χ0v) is 19.4. The van der Waals surface area contributed by atoms with E-state index in [0.29, 0.717) is 18.7 Å². The van der Waals surface area contributed by atoms with E-state index in [1.165, 1.54) is 0 Å². The molecule has 0 aliphatic carbocycles. The predicted molar refractivity (Wildman–Crippen MR) is 123 cm³/mol. The van der Waals surface area contributed by atoms with Crippen molar-refractivity contribution in [3.05, 3.63) is 53.0 Å². The van der Waals surface area contributed by atoms with Crippen LogP contribution in [0.5, 0.6) is 0 Å². The Morgan fingerprint density at radius 2 is 2.07 bits per heavy atom. The van der Waals surface area contributed by atoms with Crippen LogP contribution in [0.2, 0.25) is 0 Å². The van der Waals surface area contributed by atoms with Crippen LogP contribution in [0.1, 0.15) is 21.5 Å². The number of anilines is 2. The normalized spacial score (nSPS) is 16.9. The Morgan fingerprint density at radius 3 is 2.75 bits per heavy atom. The number of nitrogens with one attached hydrogen (secondary N) is 1. The molecule has 1 N–H and O–H groups in total. The van der Waals surface area contributed by atoms with Gasteiger partial charge in [0.2, 0.25) is 0 Å².